The summed E-state index contributed by atoms with van der Waals surface area (Å²) < 4.78 is 11.3. The monoisotopic (exact) mass is 320 g/mol. The van der Waals surface area contributed by atoms with Crippen LogP contribution in [0.4, 0.5) is 0 Å². The van der Waals surface area contributed by atoms with Crippen molar-refractivity contribution in [3.05, 3.63) is 34.8 Å². The van der Waals surface area contributed by atoms with Gasteiger partial charge in [-0.1, -0.05) is 12.1 Å². The molecule has 0 bridgehead atoms. The number of esters is 1. The molecule has 0 saturated heterocycles. The number of oxazole rings is 1. The highest BCUT2D eigenvalue weighted by molar-refractivity contribution is 5.87. The molecule has 0 spiro atoms. The van der Waals surface area contributed by atoms with E-state index in [4.69, 9.17) is 4.42 Å². The Kier molecular flexibility index (Phi) is 4.88. The van der Waals surface area contributed by atoms with Crippen molar-refractivity contribution in [2.24, 2.45) is 0 Å². The molecule has 1 aromatic heterocycles. The van der Waals surface area contributed by atoms with Crippen molar-refractivity contribution in [1.29, 1.82) is 0 Å². The topological polar surface area (TPSA) is 90.5 Å². The van der Waals surface area contributed by atoms with Crippen molar-refractivity contribution in [1.82, 2.24) is 9.88 Å². The van der Waals surface area contributed by atoms with Gasteiger partial charge in [0.05, 0.1) is 12.6 Å². The van der Waals surface area contributed by atoms with Gasteiger partial charge in [0.25, 0.3) is 0 Å². The van der Waals surface area contributed by atoms with E-state index < -0.39 is 17.3 Å². The van der Waals surface area contributed by atoms with Gasteiger partial charge < -0.3 is 14.5 Å². The molecule has 2 aromatic rings. The zero-order valence-electron chi connectivity index (χ0n) is 13.4. The first kappa shape index (κ1) is 16.8. The zero-order valence-corrected chi connectivity index (χ0v) is 13.4. The third kappa shape index (κ3) is 3.80. The Hall–Kier alpha value is -2.57. The van der Waals surface area contributed by atoms with Gasteiger partial charge in [-0.05, 0) is 32.4 Å². The summed E-state index contributed by atoms with van der Waals surface area (Å²) in [4.78, 5) is 35.3. The van der Waals surface area contributed by atoms with Crippen LogP contribution in [0.1, 0.15) is 26.7 Å². The number of amides is 1. The highest BCUT2D eigenvalue weighted by atomic mass is 16.5. The Labute approximate surface area is 133 Å². The molecular weight excluding hydrogens is 300 g/mol. The fourth-order valence-electron chi connectivity index (χ4n) is 2.34. The van der Waals surface area contributed by atoms with Crippen LogP contribution in [0.5, 0.6) is 0 Å². The van der Waals surface area contributed by atoms with E-state index in [9.17, 15) is 14.4 Å². The number of para-hydroxylation sites is 2. The Morgan fingerprint density at radius 3 is 2.70 bits per heavy atom. The van der Waals surface area contributed by atoms with Crippen molar-refractivity contribution in [2.45, 2.75) is 38.8 Å². The summed E-state index contributed by atoms with van der Waals surface area (Å²) in [6.07, 6.45) is 0.638. The number of carbonyl (C=O) groups is 2. The quantitative estimate of drug-likeness (QED) is 0.813. The van der Waals surface area contributed by atoms with Crippen LogP contribution in [0.2, 0.25) is 0 Å². The lowest BCUT2D eigenvalue weighted by Crippen LogP contribution is -2.50. The molecule has 0 aliphatic heterocycles. The van der Waals surface area contributed by atoms with Crippen LogP contribution in [0.3, 0.4) is 0 Å². The lowest BCUT2D eigenvalue weighted by Gasteiger charge is -2.23. The largest absolute Gasteiger partial charge is 0.467 e. The third-order valence-electron chi connectivity index (χ3n) is 3.51. The predicted octanol–water partition coefficient (Wildman–Crippen LogP) is 1.44. The van der Waals surface area contributed by atoms with E-state index >= 15 is 0 Å². The number of nitrogens with zero attached hydrogens (tertiary/aromatic N) is 1. The van der Waals surface area contributed by atoms with Gasteiger partial charge in [0, 0.05) is 13.0 Å². The number of hydrogen-bond donors (Lipinski definition) is 1. The number of hydrogen-bond acceptors (Lipinski definition) is 5. The van der Waals surface area contributed by atoms with Gasteiger partial charge in [-0.15, -0.1) is 0 Å². The van der Waals surface area contributed by atoms with Gasteiger partial charge in [-0.3, -0.25) is 9.36 Å². The molecular formula is C16H20N2O5. The molecule has 7 heteroatoms. The van der Waals surface area contributed by atoms with E-state index in [0.29, 0.717) is 24.1 Å². The molecule has 0 fully saturated rings. The van der Waals surface area contributed by atoms with Crippen molar-refractivity contribution < 1.29 is 18.7 Å². The summed E-state index contributed by atoms with van der Waals surface area (Å²) in [6, 6.07) is 7.12. The maximum Gasteiger partial charge on any atom is 0.419 e. The highest BCUT2D eigenvalue weighted by Crippen LogP contribution is 2.12. The molecule has 124 valence electrons. The van der Waals surface area contributed by atoms with Crippen LogP contribution >= 0.6 is 0 Å². The summed E-state index contributed by atoms with van der Waals surface area (Å²) in [5.74, 6) is -1.23. The molecule has 0 aliphatic rings. The first-order valence-corrected chi connectivity index (χ1v) is 7.33. The van der Waals surface area contributed by atoms with E-state index in [1.807, 2.05) is 6.07 Å². The molecule has 2 rings (SSSR count). The maximum atomic E-state index is 11.9. The summed E-state index contributed by atoms with van der Waals surface area (Å²) in [5.41, 5.74) is 0.145. The fraction of sp³-hybridized carbons (Fsp3) is 0.438. The van der Waals surface area contributed by atoms with Gasteiger partial charge >= 0.3 is 11.7 Å². The standard InChI is InChI=1S/C16H20N2O5/c1-16(2,14(20)22-3)17-13(19)9-6-10-18-11-7-4-5-8-12(11)23-15(18)21/h4-5,7-8H,6,9-10H2,1-3H3,(H,17,19). The number of rotatable bonds is 6. The minimum atomic E-state index is -1.08. The van der Waals surface area contributed by atoms with Gasteiger partial charge in [0.1, 0.15) is 5.54 Å². The SMILES string of the molecule is COC(=O)C(C)(C)NC(=O)CCCn1c(=O)oc2ccccc21. The molecule has 0 unspecified atom stereocenters. The molecule has 0 radical (unpaired) electrons. The number of nitrogens with one attached hydrogen (secondary N) is 1. The molecule has 7 nitrogen and oxygen atoms in total. The Balaban J connectivity index is 1.94. The molecule has 0 aliphatic carbocycles. The molecule has 0 saturated carbocycles. The van der Waals surface area contributed by atoms with Crippen LogP contribution in [0.25, 0.3) is 11.1 Å². The van der Waals surface area contributed by atoms with E-state index in [2.05, 4.69) is 10.1 Å². The summed E-state index contributed by atoms with van der Waals surface area (Å²) in [6.45, 7) is 3.51. The van der Waals surface area contributed by atoms with Crippen LogP contribution in [-0.2, 0) is 20.9 Å². The molecule has 1 aromatic carbocycles. The van der Waals surface area contributed by atoms with E-state index in [1.54, 1.807) is 32.0 Å². The Morgan fingerprint density at radius 2 is 2.00 bits per heavy atom. The van der Waals surface area contributed by atoms with Crippen molar-refractivity contribution in [3.8, 4) is 0 Å². The number of aryl methyl sites for hydroxylation is 1. The summed E-state index contributed by atoms with van der Waals surface area (Å²) in [5, 5.41) is 2.61. The van der Waals surface area contributed by atoms with Gasteiger partial charge in [0.2, 0.25) is 5.91 Å². The van der Waals surface area contributed by atoms with Crippen LogP contribution in [-0.4, -0.2) is 29.1 Å². The van der Waals surface area contributed by atoms with E-state index in [-0.39, 0.29) is 12.3 Å². The number of ether oxygens (including phenoxy) is 1. The minimum Gasteiger partial charge on any atom is -0.467 e. The second kappa shape index (κ2) is 6.68. The van der Waals surface area contributed by atoms with Crippen molar-refractivity contribution >= 4 is 23.0 Å². The molecule has 23 heavy (non-hydrogen) atoms. The molecule has 1 N–H and O–H groups in total. The van der Waals surface area contributed by atoms with Crippen LogP contribution in [0, 0.1) is 0 Å². The fourth-order valence-corrected chi connectivity index (χ4v) is 2.34. The third-order valence-corrected chi connectivity index (χ3v) is 3.51. The highest BCUT2D eigenvalue weighted by Gasteiger charge is 2.30. The lowest BCUT2D eigenvalue weighted by molar-refractivity contribution is -0.149. The van der Waals surface area contributed by atoms with Gasteiger partial charge in [0.15, 0.2) is 5.58 Å². The normalized spacial score (nSPS) is 11.4. The molecule has 0 atom stereocenters. The number of aromatic nitrogens is 1. The molecule has 1 amide bonds. The minimum absolute atomic E-state index is 0.187. The number of fused-ring (bicyclic) bond motifs is 1. The number of methoxy groups -OCH3 is 1. The van der Waals surface area contributed by atoms with Crippen LogP contribution < -0.4 is 11.1 Å². The Morgan fingerprint density at radius 1 is 1.30 bits per heavy atom. The average Bonchev–Trinajstić information content (AvgIpc) is 2.82. The maximum absolute atomic E-state index is 11.9. The summed E-state index contributed by atoms with van der Waals surface area (Å²) >= 11 is 0. The zero-order chi connectivity index (χ0) is 17.0. The molecule has 1 heterocycles. The van der Waals surface area contributed by atoms with Crippen molar-refractivity contribution in [3.63, 3.8) is 0 Å². The first-order valence-electron chi connectivity index (χ1n) is 7.33. The second-order valence-corrected chi connectivity index (χ2v) is 5.76. The number of carbonyl (C=O) groups excluding carboxylic acids is 2. The van der Waals surface area contributed by atoms with Gasteiger partial charge in [-0.2, -0.15) is 0 Å². The van der Waals surface area contributed by atoms with Gasteiger partial charge in [-0.25, -0.2) is 9.59 Å². The van der Waals surface area contributed by atoms with E-state index in [1.165, 1.54) is 11.7 Å². The first-order chi connectivity index (χ1) is 10.8. The number of benzene rings is 1. The smallest absolute Gasteiger partial charge is 0.419 e. The summed E-state index contributed by atoms with van der Waals surface area (Å²) in [7, 11) is 1.27. The van der Waals surface area contributed by atoms with E-state index in [0.717, 1.165) is 0 Å². The second-order valence-electron chi connectivity index (χ2n) is 5.76. The average molecular weight is 320 g/mol. The van der Waals surface area contributed by atoms with Crippen molar-refractivity contribution in [2.75, 3.05) is 7.11 Å². The van der Waals surface area contributed by atoms with Crippen LogP contribution in [0.15, 0.2) is 33.5 Å². The lowest BCUT2D eigenvalue weighted by atomic mass is 10.1. The Bertz CT molecular complexity index is 772. The predicted molar refractivity (Wildman–Crippen MR) is 83.9 cm³/mol.